The number of halogens is 3. The molecule has 0 aromatic carbocycles. The highest BCUT2D eigenvalue weighted by molar-refractivity contribution is 5.99. The van der Waals surface area contributed by atoms with Crippen LogP contribution in [-0.4, -0.2) is 27.3 Å². The molecule has 2 N–H and O–H groups in total. The van der Waals surface area contributed by atoms with Crippen LogP contribution in [-0.2, 0) is 4.79 Å². The number of rotatable bonds is 2. The van der Waals surface area contributed by atoms with Gasteiger partial charge in [-0.1, -0.05) is 0 Å². The molecule has 7 heteroatoms. The third kappa shape index (κ3) is 2.35. The molecule has 0 fully saturated rings. The molecule has 0 bridgehead atoms. The van der Waals surface area contributed by atoms with Crippen molar-refractivity contribution in [3.63, 3.8) is 0 Å². The Hall–Kier alpha value is -1.79. The van der Waals surface area contributed by atoms with Crippen molar-refractivity contribution in [2.75, 3.05) is 0 Å². The number of nitrogens with zero attached hydrogens (tertiary/aromatic N) is 1. The minimum absolute atomic E-state index is 0.0163. The molecule has 0 aliphatic carbocycles. The van der Waals surface area contributed by atoms with Gasteiger partial charge in [0.1, 0.15) is 5.76 Å². The van der Waals surface area contributed by atoms with Gasteiger partial charge in [-0.3, -0.25) is 9.89 Å². The molecule has 0 aliphatic rings. The number of alkyl halides is 3. The third-order valence-electron chi connectivity index (χ3n) is 1.34. The van der Waals surface area contributed by atoms with Crippen molar-refractivity contribution in [2.45, 2.75) is 6.18 Å². The van der Waals surface area contributed by atoms with Crippen molar-refractivity contribution in [1.29, 1.82) is 0 Å². The number of allylic oxidation sites excluding steroid dienone is 1. The molecule has 0 spiro atoms. The molecule has 14 heavy (non-hydrogen) atoms. The molecule has 4 nitrogen and oxygen atoms in total. The zero-order valence-corrected chi connectivity index (χ0v) is 6.67. The van der Waals surface area contributed by atoms with Gasteiger partial charge in [-0.25, -0.2) is 0 Å². The van der Waals surface area contributed by atoms with Gasteiger partial charge in [-0.05, 0) is 0 Å². The normalized spacial score (nSPS) is 12.9. The lowest BCUT2D eigenvalue weighted by Crippen LogP contribution is -2.20. The Balaban J connectivity index is 2.85. The van der Waals surface area contributed by atoms with Gasteiger partial charge >= 0.3 is 6.18 Å². The second-order valence-corrected chi connectivity index (χ2v) is 2.38. The Kier molecular flexibility index (Phi) is 2.59. The molecule has 0 atom stereocenters. The number of hydrogen-bond donors (Lipinski definition) is 2. The Morgan fingerprint density at radius 1 is 1.57 bits per heavy atom. The Labute approximate surface area is 76.1 Å². The van der Waals surface area contributed by atoms with E-state index in [1.54, 1.807) is 0 Å². The zero-order chi connectivity index (χ0) is 10.8. The highest BCUT2D eigenvalue weighted by Crippen LogP contribution is 2.19. The first-order valence-corrected chi connectivity index (χ1v) is 3.42. The van der Waals surface area contributed by atoms with Crippen molar-refractivity contribution in [3.8, 4) is 0 Å². The van der Waals surface area contributed by atoms with Crippen molar-refractivity contribution >= 4 is 11.5 Å². The summed E-state index contributed by atoms with van der Waals surface area (Å²) in [6.45, 7) is 0. The van der Waals surface area contributed by atoms with Crippen LogP contribution in [0.1, 0.15) is 5.56 Å². The number of aromatic nitrogens is 2. The molecular formula is C7H5F3N2O2. The average Bonchev–Trinajstić information content (AvgIpc) is 2.53. The fourth-order valence-electron chi connectivity index (χ4n) is 0.680. The van der Waals surface area contributed by atoms with Gasteiger partial charge in [0.2, 0.25) is 0 Å². The van der Waals surface area contributed by atoms with Crippen molar-refractivity contribution in [3.05, 3.63) is 24.0 Å². The third-order valence-corrected chi connectivity index (χ3v) is 1.34. The van der Waals surface area contributed by atoms with Gasteiger partial charge in [0.05, 0.1) is 11.8 Å². The maximum atomic E-state index is 11.7. The second kappa shape index (κ2) is 3.52. The number of aliphatic hydroxyl groups excluding tert-OH is 1. The van der Waals surface area contributed by atoms with E-state index in [0.29, 0.717) is 0 Å². The van der Waals surface area contributed by atoms with E-state index in [9.17, 15) is 18.0 Å². The summed E-state index contributed by atoms with van der Waals surface area (Å²) in [7, 11) is 0. The van der Waals surface area contributed by atoms with E-state index < -0.39 is 17.7 Å². The van der Waals surface area contributed by atoms with Crippen LogP contribution < -0.4 is 0 Å². The lowest BCUT2D eigenvalue weighted by Gasteiger charge is -2.00. The first-order chi connectivity index (χ1) is 6.41. The number of H-pyrrole nitrogens is 1. The van der Waals surface area contributed by atoms with Crippen molar-refractivity contribution in [2.24, 2.45) is 0 Å². The van der Waals surface area contributed by atoms with Crippen LogP contribution in [0.15, 0.2) is 18.5 Å². The first kappa shape index (κ1) is 10.3. The van der Waals surface area contributed by atoms with Gasteiger partial charge in [0.15, 0.2) is 0 Å². The van der Waals surface area contributed by atoms with Gasteiger partial charge in [0, 0.05) is 12.3 Å². The Bertz CT molecular complexity index is 354. The average molecular weight is 206 g/mol. The summed E-state index contributed by atoms with van der Waals surface area (Å²) in [5.74, 6) is -2.89. The molecule has 1 aromatic rings. The molecule has 0 unspecified atom stereocenters. The number of aromatic amines is 1. The van der Waals surface area contributed by atoms with Gasteiger partial charge in [-0.2, -0.15) is 18.3 Å². The summed E-state index contributed by atoms with van der Waals surface area (Å²) in [5, 5.41) is 14.7. The van der Waals surface area contributed by atoms with Crippen LogP contribution in [0.4, 0.5) is 13.2 Å². The van der Waals surface area contributed by atoms with E-state index in [2.05, 4.69) is 10.2 Å². The smallest absolute Gasteiger partial charge is 0.454 e. The summed E-state index contributed by atoms with van der Waals surface area (Å²) in [6, 6.07) is 0. The highest BCUT2D eigenvalue weighted by Gasteiger charge is 2.37. The highest BCUT2D eigenvalue weighted by atomic mass is 19.4. The van der Waals surface area contributed by atoms with E-state index in [1.807, 2.05) is 0 Å². The predicted octanol–water partition coefficient (Wildman–Crippen LogP) is 1.44. The van der Waals surface area contributed by atoms with Crippen LogP contribution in [0, 0.1) is 0 Å². The lowest BCUT2D eigenvalue weighted by molar-refractivity contribution is -0.165. The Morgan fingerprint density at radius 3 is 2.64 bits per heavy atom. The fourth-order valence-corrected chi connectivity index (χ4v) is 0.680. The molecule has 0 radical (unpaired) electrons. The summed E-state index contributed by atoms with van der Waals surface area (Å²) in [5.41, 5.74) is 0.0163. The summed E-state index contributed by atoms with van der Waals surface area (Å²) < 4.78 is 35.2. The van der Waals surface area contributed by atoms with Gasteiger partial charge in [-0.15, -0.1) is 0 Å². The van der Waals surface area contributed by atoms with Crippen LogP contribution in [0.25, 0.3) is 5.76 Å². The Morgan fingerprint density at radius 2 is 2.21 bits per heavy atom. The van der Waals surface area contributed by atoms with E-state index in [1.165, 1.54) is 0 Å². The summed E-state index contributed by atoms with van der Waals surface area (Å²) in [6.07, 6.45) is -2.62. The molecule has 1 heterocycles. The number of aliphatic hydroxyl groups is 1. The number of nitrogens with one attached hydrogen (secondary N) is 1. The molecule has 0 saturated heterocycles. The van der Waals surface area contributed by atoms with E-state index >= 15 is 0 Å². The molecule has 1 rings (SSSR count). The van der Waals surface area contributed by atoms with Crippen molar-refractivity contribution in [1.82, 2.24) is 10.2 Å². The summed E-state index contributed by atoms with van der Waals surface area (Å²) in [4.78, 5) is 10.4. The van der Waals surface area contributed by atoms with Crippen molar-refractivity contribution < 1.29 is 23.1 Å². The number of hydrogen-bond acceptors (Lipinski definition) is 3. The molecule has 1 aromatic heterocycles. The first-order valence-electron chi connectivity index (χ1n) is 3.42. The van der Waals surface area contributed by atoms with E-state index in [4.69, 9.17) is 5.11 Å². The lowest BCUT2D eigenvalue weighted by atomic mass is 10.2. The fraction of sp³-hybridized carbons (Fsp3) is 0.143. The number of carbonyl (C=O) groups excluding carboxylic acids is 1. The second-order valence-electron chi connectivity index (χ2n) is 2.38. The number of ketones is 1. The maximum Gasteiger partial charge on any atom is 0.454 e. The van der Waals surface area contributed by atoms with E-state index in [0.717, 1.165) is 12.4 Å². The quantitative estimate of drug-likeness (QED) is 0.568. The van der Waals surface area contributed by atoms with Crippen LogP contribution in [0.5, 0.6) is 0 Å². The molecule has 0 saturated carbocycles. The molecule has 76 valence electrons. The van der Waals surface area contributed by atoms with E-state index in [-0.39, 0.29) is 11.6 Å². The monoisotopic (exact) mass is 206 g/mol. The minimum Gasteiger partial charge on any atom is -0.507 e. The van der Waals surface area contributed by atoms with Gasteiger partial charge < -0.3 is 5.11 Å². The summed E-state index contributed by atoms with van der Waals surface area (Å²) >= 11 is 0. The maximum absolute atomic E-state index is 11.7. The molecule has 0 amide bonds. The predicted molar refractivity (Wildman–Crippen MR) is 40.3 cm³/mol. The minimum atomic E-state index is -4.97. The largest absolute Gasteiger partial charge is 0.507 e. The number of carbonyl (C=O) groups is 1. The SMILES string of the molecule is O=C(C=C(O)c1cn[nH]c1)C(F)(F)F. The zero-order valence-electron chi connectivity index (χ0n) is 6.67. The van der Waals surface area contributed by atoms with Crippen LogP contribution >= 0.6 is 0 Å². The standard InChI is InChI=1S/C7H5F3N2O2/c8-7(9,10)6(14)1-5(13)4-2-11-12-3-4/h1-3,13H,(H,11,12). The van der Waals surface area contributed by atoms with Crippen LogP contribution in [0.3, 0.4) is 0 Å². The van der Waals surface area contributed by atoms with Crippen LogP contribution in [0.2, 0.25) is 0 Å². The molecular weight excluding hydrogens is 201 g/mol. The molecule has 0 aliphatic heterocycles. The topological polar surface area (TPSA) is 66.0 Å². The van der Waals surface area contributed by atoms with Gasteiger partial charge in [0.25, 0.3) is 5.78 Å².